The molecule has 10 rings (SSSR count). The van der Waals surface area contributed by atoms with Crippen molar-refractivity contribution in [3.63, 3.8) is 0 Å². The molecule has 0 N–H and O–H groups in total. The summed E-state index contributed by atoms with van der Waals surface area (Å²) in [6.45, 7) is 27.9. The summed E-state index contributed by atoms with van der Waals surface area (Å²) < 4.78 is 5.76. The van der Waals surface area contributed by atoms with Crippen molar-refractivity contribution in [2.45, 2.75) is 83.1 Å². The topological polar surface area (TPSA) is 7.76 Å². The van der Waals surface area contributed by atoms with Gasteiger partial charge >= 0.3 is 12.6 Å². The number of benzene rings is 6. The summed E-state index contributed by atoms with van der Waals surface area (Å²) in [6, 6.07) is 38.2. The van der Waals surface area contributed by atoms with E-state index in [1.54, 1.807) is 0 Å². The molecule has 0 saturated heterocycles. The third-order valence-corrected chi connectivity index (χ3v) is 16.6. The molecule has 288 valence electrons. The van der Waals surface area contributed by atoms with Crippen molar-refractivity contribution in [2.75, 3.05) is 0 Å². The van der Waals surface area contributed by atoms with Gasteiger partial charge < -0.3 is 8.96 Å². The maximum atomic E-state index is 2.88. The highest BCUT2D eigenvalue weighted by atomic mass is 32.1. The minimum atomic E-state index is -1.66. The van der Waals surface area contributed by atoms with Gasteiger partial charge in [-0.2, -0.15) is 0 Å². The number of aromatic nitrogens is 2. The number of thiazole rings is 2. The highest BCUT2D eigenvalue weighted by Crippen LogP contribution is 2.42. The number of hydrogen-bond acceptors (Lipinski definition) is 2. The molecule has 6 aromatic carbocycles. The number of rotatable bonds is 4. The van der Waals surface area contributed by atoms with Crippen LogP contribution in [0.3, 0.4) is 0 Å². The zero-order chi connectivity index (χ0) is 40.7. The lowest BCUT2D eigenvalue weighted by Crippen LogP contribution is -2.85. The van der Waals surface area contributed by atoms with Gasteiger partial charge in [-0.05, 0) is 106 Å². The number of fused-ring (bicyclic) bond motifs is 9. The Morgan fingerprint density at radius 3 is 0.845 bits per heavy atom. The summed E-state index contributed by atoms with van der Waals surface area (Å²) in [7, 11) is 0. The van der Waals surface area contributed by atoms with Crippen molar-refractivity contribution in [2.24, 2.45) is 0 Å². The monoisotopic (exact) mass is 790 g/mol. The molecule has 0 bridgehead atoms. The molecule has 2 aromatic heterocycles. The van der Waals surface area contributed by atoms with Gasteiger partial charge in [0, 0.05) is 11.1 Å². The Bertz CT molecular complexity index is 2690. The van der Waals surface area contributed by atoms with Crippen molar-refractivity contribution in [3.8, 4) is 21.1 Å². The van der Waals surface area contributed by atoms with Crippen LogP contribution in [0.25, 0.3) is 30.8 Å². The second-order valence-electron chi connectivity index (χ2n) is 18.2. The Kier molecular flexibility index (Phi) is 8.18. The van der Waals surface area contributed by atoms with Gasteiger partial charge in [0.15, 0.2) is 0 Å². The van der Waals surface area contributed by atoms with E-state index in [1.807, 2.05) is 22.7 Å². The SMILES string of the molecule is Cc1cc(C)c([B-]2(c3c(C)cc(C)cc3C)c3ccccc3-c3sc4c(sc5[n+]4[B-](c4c(C)cc(C)cc4C)(c4c(C)cc(C)cc4C)c4ccccc4-5)[n+]32)c(C)c1. The highest BCUT2D eigenvalue weighted by Gasteiger charge is 2.60. The van der Waals surface area contributed by atoms with Crippen LogP contribution in [0.2, 0.25) is 0 Å². The molecule has 0 spiro atoms. The summed E-state index contributed by atoms with van der Waals surface area (Å²) in [4.78, 5) is 2.74. The predicted molar refractivity (Wildman–Crippen MR) is 254 cm³/mol. The molecule has 0 saturated carbocycles. The fourth-order valence-electron chi connectivity index (χ4n) is 13.1. The average molecular weight is 791 g/mol. The molecule has 0 aliphatic carbocycles. The first-order valence-corrected chi connectivity index (χ1v) is 22.6. The molecule has 58 heavy (non-hydrogen) atoms. The van der Waals surface area contributed by atoms with E-state index >= 15 is 0 Å². The van der Waals surface area contributed by atoms with Crippen molar-refractivity contribution in [3.05, 3.63) is 164 Å². The second-order valence-corrected chi connectivity index (χ2v) is 20.2. The third kappa shape index (κ3) is 4.68. The summed E-state index contributed by atoms with van der Waals surface area (Å²) in [6.07, 6.45) is -3.32. The van der Waals surface area contributed by atoms with Crippen LogP contribution in [0.4, 0.5) is 0 Å². The number of hydrogen-bond donors (Lipinski definition) is 0. The molecular weight excluding hydrogens is 738 g/mol. The van der Waals surface area contributed by atoms with E-state index in [2.05, 4.69) is 189 Å². The van der Waals surface area contributed by atoms with Gasteiger partial charge in [0.25, 0.3) is 9.66 Å². The number of nitrogens with zero attached hydrogens (tertiary/aromatic N) is 2. The van der Waals surface area contributed by atoms with E-state index in [9.17, 15) is 0 Å². The summed E-state index contributed by atoms with van der Waals surface area (Å²) in [5, 5.41) is 2.72. The van der Waals surface area contributed by atoms with E-state index in [4.69, 9.17) is 0 Å². The largest absolute Gasteiger partial charge is 0.377 e. The molecule has 6 heteroatoms. The van der Waals surface area contributed by atoms with Crippen LogP contribution in [0.5, 0.6) is 0 Å². The molecule has 0 fully saturated rings. The normalized spacial score (nSPS) is 14.5. The van der Waals surface area contributed by atoms with E-state index in [1.165, 1.54) is 130 Å². The lowest BCUT2D eigenvalue weighted by Gasteiger charge is -2.38. The Morgan fingerprint density at radius 2 is 0.586 bits per heavy atom. The van der Waals surface area contributed by atoms with Crippen LogP contribution in [-0.4, -0.2) is 12.6 Å². The lowest BCUT2D eigenvalue weighted by atomic mass is 9.22. The molecule has 2 nitrogen and oxygen atoms in total. The minimum absolute atomic E-state index is 1.32. The molecule has 8 aromatic rings. The van der Waals surface area contributed by atoms with Crippen LogP contribution in [0, 0.1) is 83.1 Å². The molecular formula is C52H52B2N2S2. The lowest BCUT2D eigenvalue weighted by molar-refractivity contribution is -0.503. The van der Waals surface area contributed by atoms with Crippen LogP contribution >= 0.6 is 22.7 Å². The first kappa shape index (κ1) is 37.3. The van der Waals surface area contributed by atoms with Gasteiger partial charge in [-0.25, -0.2) is 0 Å². The van der Waals surface area contributed by atoms with Gasteiger partial charge in [0.2, 0.25) is 10.0 Å². The molecule has 0 unspecified atom stereocenters. The standard InChI is InChI=1S/C52H52B2N2S2/c1-29-21-33(5)45(34(6)22-29)53(46-35(7)23-30(2)24-36(46)8)43-19-15-13-17-41(43)49-55(53)51-52(57-49)56-50(58-51)42-18-14-16-20-44(42)54(56,47-37(9)25-31(3)26-38(47)10)48-39(11)27-32(4)28-40(48)12/h13-28H,1-12H3. The molecule has 4 heterocycles. The van der Waals surface area contributed by atoms with Gasteiger partial charge in [0.1, 0.15) is 0 Å². The van der Waals surface area contributed by atoms with E-state index in [0.717, 1.165) is 0 Å². The maximum Gasteiger partial charge on any atom is 0.364 e. The van der Waals surface area contributed by atoms with Crippen molar-refractivity contribution in [1.82, 2.24) is 0 Å². The minimum Gasteiger partial charge on any atom is -0.377 e. The van der Waals surface area contributed by atoms with E-state index in [-0.39, 0.29) is 0 Å². The molecule has 0 atom stereocenters. The highest BCUT2D eigenvalue weighted by molar-refractivity contribution is 7.30. The molecule has 2 aliphatic heterocycles. The Hall–Kier alpha value is -5.03. The van der Waals surface area contributed by atoms with Crippen LogP contribution in [0.1, 0.15) is 66.8 Å². The summed E-state index contributed by atoms with van der Waals surface area (Å²) in [5.74, 6) is 0. The fourth-order valence-corrected chi connectivity index (χ4v) is 16.2. The Labute approximate surface area is 352 Å². The predicted octanol–water partition coefficient (Wildman–Crippen LogP) is 8.23. The second kappa shape index (κ2) is 12.7. The van der Waals surface area contributed by atoms with E-state index in [0.29, 0.717) is 0 Å². The quantitative estimate of drug-likeness (QED) is 0.159. The maximum absolute atomic E-state index is 2.88. The first-order chi connectivity index (χ1) is 27.7. The zero-order valence-electron chi connectivity index (χ0n) is 36.1. The number of aryl methyl sites for hydroxylation is 12. The smallest absolute Gasteiger partial charge is 0.364 e. The molecule has 0 radical (unpaired) electrons. The molecule has 2 aliphatic rings. The van der Waals surface area contributed by atoms with Crippen LogP contribution in [0.15, 0.2) is 97.1 Å². The Balaban J connectivity index is 1.46. The zero-order valence-corrected chi connectivity index (χ0v) is 37.7. The Morgan fingerprint density at radius 1 is 0.345 bits per heavy atom. The third-order valence-electron chi connectivity index (χ3n) is 14.1. The first-order valence-electron chi connectivity index (χ1n) is 21.0. The van der Waals surface area contributed by atoms with Gasteiger partial charge in [-0.3, -0.25) is 0 Å². The average Bonchev–Trinajstić information content (AvgIpc) is 3.83. The summed E-state index contributed by atoms with van der Waals surface area (Å²) in [5.41, 5.74) is 27.6. The fraction of sp³-hybridized carbons (Fsp3) is 0.231. The van der Waals surface area contributed by atoms with Gasteiger partial charge in [0.05, 0.1) is 0 Å². The van der Waals surface area contributed by atoms with Crippen LogP contribution in [-0.2, 0) is 0 Å². The van der Waals surface area contributed by atoms with E-state index < -0.39 is 12.6 Å². The van der Waals surface area contributed by atoms with Crippen LogP contribution < -0.4 is 41.7 Å². The summed E-state index contributed by atoms with van der Waals surface area (Å²) >= 11 is 4.04. The van der Waals surface area contributed by atoms with Crippen molar-refractivity contribution >= 4 is 77.7 Å². The van der Waals surface area contributed by atoms with Gasteiger partial charge in [-0.15, -0.1) is 32.8 Å². The van der Waals surface area contributed by atoms with Crippen molar-refractivity contribution in [1.29, 1.82) is 0 Å². The van der Waals surface area contributed by atoms with Gasteiger partial charge in [-0.1, -0.05) is 164 Å². The molecule has 0 amide bonds. The van der Waals surface area contributed by atoms with Crippen molar-refractivity contribution < 1.29 is 8.96 Å².